The van der Waals surface area contributed by atoms with Gasteiger partial charge in [0.05, 0.1) is 12.7 Å². The van der Waals surface area contributed by atoms with E-state index in [2.05, 4.69) is 11.6 Å². The number of hydrogen-bond acceptors (Lipinski definition) is 4. The summed E-state index contributed by atoms with van der Waals surface area (Å²) in [6, 6.07) is 3.38. The van der Waals surface area contributed by atoms with E-state index in [4.69, 9.17) is 4.74 Å². The van der Waals surface area contributed by atoms with E-state index in [-0.39, 0.29) is 11.4 Å². The number of aliphatic hydroxyl groups excluding tert-OH is 1. The smallest absolute Gasteiger partial charge is 0.244 e. The second kappa shape index (κ2) is 8.50. The highest BCUT2D eigenvalue weighted by atomic mass is 32.2. The van der Waals surface area contributed by atoms with Crippen molar-refractivity contribution in [1.29, 1.82) is 0 Å². The van der Waals surface area contributed by atoms with Crippen LogP contribution in [0.4, 0.5) is 0 Å². The maximum absolute atomic E-state index is 12.4. The maximum Gasteiger partial charge on any atom is 0.244 e. The van der Waals surface area contributed by atoms with Crippen molar-refractivity contribution < 1.29 is 18.3 Å². The first-order chi connectivity index (χ1) is 10.3. The summed E-state index contributed by atoms with van der Waals surface area (Å²) in [5.41, 5.74) is 1.87. The van der Waals surface area contributed by atoms with Crippen LogP contribution in [-0.4, -0.2) is 32.8 Å². The predicted octanol–water partition coefficient (Wildman–Crippen LogP) is 2.53. The van der Waals surface area contributed by atoms with Gasteiger partial charge in [0, 0.05) is 6.54 Å². The molecule has 5 nitrogen and oxygen atoms in total. The molecule has 6 heteroatoms. The van der Waals surface area contributed by atoms with Crippen LogP contribution >= 0.6 is 0 Å². The Labute approximate surface area is 133 Å². The van der Waals surface area contributed by atoms with E-state index in [0.717, 1.165) is 30.4 Å². The van der Waals surface area contributed by atoms with Crippen molar-refractivity contribution in [3.05, 3.63) is 23.3 Å². The van der Waals surface area contributed by atoms with Crippen molar-refractivity contribution in [2.45, 2.75) is 58.0 Å². The van der Waals surface area contributed by atoms with Crippen LogP contribution in [0.5, 0.6) is 5.75 Å². The molecule has 1 aromatic carbocycles. The maximum atomic E-state index is 12.4. The van der Waals surface area contributed by atoms with Gasteiger partial charge in [0.25, 0.3) is 0 Å². The first-order valence-corrected chi connectivity index (χ1v) is 9.18. The van der Waals surface area contributed by atoms with Crippen LogP contribution in [0.2, 0.25) is 0 Å². The van der Waals surface area contributed by atoms with Crippen LogP contribution in [0, 0.1) is 13.8 Å². The minimum absolute atomic E-state index is 0.0233. The summed E-state index contributed by atoms with van der Waals surface area (Å²) in [7, 11) is -3.70. The van der Waals surface area contributed by atoms with Gasteiger partial charge in [0.1, 0.15) is 10.6 Å². The molecule has 0 heterocycles. The monoisotopic (exact) mass is 329 g/mol. The van der Waals surface area contributed by atoms with Crippen LogP contribution in [0.25, 0.3) is 0 Å². The summed E-state index contributed by atoms with van der Waals surface area (Å²) in [6.07, 6.45) is 2.28. The van der Waals surface area contributed by atoms with Crippen molar-refractivity contribution in [3.63, 3.8) is 0 Å². The summed E-state index contributed by atoms with van der Waals surface area (Å²) in [5, 5.41) is 9.27. The largest absolute Gasteiger partial charge is 0.492 e. The Hall–Kier alpha value is -1.11. The van der Waals surface area contributed by atoms with Gasteiger partial charge >= 0.3 is 0 Å². The summed E-state index contributed by atoms with van der Waals surface area (Å²) in [5.74, 6) is 0.372. The standard InChI is InChI=1S/C16H27NO4S/c1-5-6-7-8-21-15-9-12(2)13(3)10-16(15)22(19,20)17-11-14(4)18/h9-10,14,17-18H,5-8,11H2,1-4H3. The number of nitrogens with one attached hydrogen (secondary N) is 1. The summed E-state index contributed by atoms with van der Waals surface area (Å²) in [4.78, 5) is 0.132. The normalized spacial score (nSPS) is 13.1. The van der Waals surface area contributed by atoms with Crippen molar-refractivity contribution in [2.24, 2.45) is 0 Å². The van der Waals surface area contributed by atoms with Crippen LogP contribution in [0.15, 0.2) is 17.0 Å². The predicted molar refractivity (Wildman–Crippen MR) is 87.8 cm³/mol. The Morgan fingerprint density at radius 3 is 2.45 bits per heavy atom. The zero-order valence-corrected chi connectivity index (χ0v) is 14.7. The fraction of sp³-hybridized carbons (Fsp3) is 0.625. The molecule has 0 radical (unpaired) electrons. The van der Waals surface area contributed by atoms with Crippen molar-refractivity contribution in [2.75, 3.05) is 13.2 Å². The Morgan fingerprint density at radius 1 is 1.23 bits per heavy atom. The average Bonchev–Trinajstić information content (AvgIpc) is 2.44. The molecule has 0 aromatic heterocycles. The second-order valence-electron chi connectivity index (χ2n) is 5.64. The Kier molecular flexibility index (Phi) is 7.32. The molecule has 0 aliphatic heterocycles. The van der Waals surface area contributed by atoms with E-state index in [1.807, 2.05) is 13.8 Å². The van der Waals surface area contributed by atoms with Gasteiger partial charge in [-0.1, -0.05) is 19.8 Å². The minimum Gasteiger partial charge on any atom is -0.492 e. The molecule has 0 spiro atoms. The molecule has 0 fully saturated rings. The van der Waals surface area contributed by atoms with Crippen LogP contribution in [0.3, 0.4) is 0 Å². The molecule has 2 N–H and O–H groups in total. The first-order valence-electron chi connectivity index (χ1n) is 7.69. The van der Waals surface area contributed by atoms with Gasteiger partial charge < -0.3 is 9.84 Å². The van der Waals surface area contributed by atoms with Crippen LogP contribution < -0.4 is 9.46 Å². The molecule has 0 amide bonds. The second-order valence-corrected chi connectivity index (χ2v) is 7.38. The number of hydrogen-bond donors (Lipinski definition) is 2. The molecule has 0 bridgehead atoms. The molecular formula is C16H27NO4S. The van der Waals surface area contributed by atoms with Gasteiger partial charge in [0.2, 0.25) is 10.0 Å². The number of aliphatic hydroxyl groups is 1. The summed E-state index contributed by atoms with van der Waals surface area (Å²) in [6.45, 7) is 7.90. The van der Waals surface area contributed by atoms with E-state index in [0.29, 0.717) is 12.4 Å². The fourth-order valence-corrected chi connectivity index (χ4v) is 3.26. The Balaban J connectivity index is 3.02. The van der Waals surface area contributed by atoms with Crippen LogP contribution in [-0.2, 0) is 10.0 Å². The zero-order valence-electron chi connectivity index (χ0n) is 13.8. The van der Waals surface area contributed by atoms with Gasteiger partial charge in [-0.25, -0.2) is 13.1 Å². The molecule has 0 aliphatic carbocycles. The summed E-state index contributed by atoms with van der Waals surface area (Å²) >= 11 is 0. The molecule has 1 rings (SSSR count). The lowest BCUT2D eigenvalue weighted by atomic mass is 10.1. The third kappa shape index (κ3) is 5.59. The van der Waals surface area contributed by atoms with Gasteiger partial charge in [-0.15, -0.1) is 0 Å². The third-order valence-electron chi connectivity index (χ3n) is 3.42. The van der Waals surface area contributed by atoms with Gasteiger partial charge in [-0.05, 0) is 50.5 Å². The highest BCUT2D eigenvalue weighted by Gasteiger charge is 2.21. The van der Waals surface area contributed by atoms with Crippen molar-refractivity contribution >= 4 is 10.0 Å². The quantitative estimate of drug-likeness (QED) is 0.683. The van der Waals surface area contributed by atoms with Crippen LogP contribution in [0.1, 0.15) is 44.2 Å². The zero-order chi connectivity index (χ0) is 16.8. The topological polar surface area (TPSA) is 75.6 Å². The average molecular weight is 329 g/mol. The Bertz CT molecular complexity index is 582. The molecule has 0 saturated carbocycles. The molecule has 1 aromatic rings. The lowest BCUT2D eigenvalue weighted by Gasteiger charge is -2.15. The molecule has 22 heavy (non-hydrogen) atoms. The Morgan fingerprint density at radius 2 is 1.86 bits per heavy atom. The number of sulfonamides is 1. The number of rotatable bonds is 9. The van der Waals surface area contributed by atoms with E-state index < -0.39 is 16.1 Å². The van der Waals surface area contributed by atoms with E-state index >= 15 is 0 Å². The van der Waals surface area contributed by atoms with Gasteiger partial charge in [0.15, 0.2) is 0 Å². The lowest BCUT2D eigenvalue weighted by Crippen LogP contribution is -2.31. The van der Waals surface area contributed by atoms with E-state index in [9.17, 15) is 13.5 Å². The number of benzene rings is 1. The summed E-state index contributed by atoms with van der Waals surface area (Å²) < 4.78 is 32.9. The number of unbranched alkanes of at least 4 members (excludes halogenated alkanes) is 2. The number of ether oxygens (including phenoxy) is 1. The molecule has 0 aliphatic rings. The molecule has 0 saturated heterocycles. The van der Waals surface area contributed by atoms with Gasteiger partial charge in [-0.2, -0.15) is 0 Å². The first kappa shape index (κ1) is 18.9. The molecule has 126 valence electrons. The minimum atomic E-state index is -3.70. The molecular weight excluding hydrogens is 302 g/mol. The van der Waals surface area contributed by atoms with E-state index in [1.165, 1.54) is 6.92 Å². The fourth-order valence-electron chi connectivity index (χ4n) is 1.93. The van der Waals surface area contributed by atoms with E-state index in [1.54, 1.807) is 12.1 Å². The highest BCUT2D eigenvalue weighted by molar-refractivity contribution is 7.89. The van der Waals surface area contributed by atoms with Gasteiger partial charge in [-0.3, -0.25) is 0 Å². The molecule has 1 atom stereocenters. The SMILES string of the molecule is CCCCCOc1cc(C)c(C)cc1S(=O)(=O)NCC(C)O. The molecule has 1 unspecified atom stereocenters. The third-order valence-corrected chi connectivity index (χ3v) is 4.87. The van der Waals surface area contributed by atoms with Crippen molar-refractivity contribution in [3.8, 4) is 5.75 Å². The highest BCUT2D eigenvalue weighted by Crippen LogP contribution is 2.27. The lowest BCUT2D eigenvalue weighted by molar-refractivity contribution is 0.198. The number of aryl methyl sites for hydroxylation is 2. The van der Waals surface area contributed by atoms with Crippen molar-refractivity contribution in [1.82, 2.24) is 4.72 Å².